The summed E-state index contributed by atoms with van der Waals surface area (Å²) in [6.45, 7) is 3.82. The number of nitrogens with one attached hydrogen (secondary N) is 1. The minimum absolute atomic E-state index is 0.223. The smallest absolute Gasteiger partial charge is 0.381 e. The Kier molecular flexibility index (Phi) is 3.74. The Bertz CT molecular complexity index is 615. The lowest BCUT2D eigenvalue weighted by Gasteiger charge is -2.13. The van der Waals surface area contributed by atoms with Gasteiger partial charge in [0.05, 0.1) is 11.8 Å². The highest BCUT2D eigenvalue weighted by Gasteiger charge is 2.32. The summed E-state index contributed by atoms with van der Waals surface area (Å²) in [6.07, 6.45) is -2.62. The molecule has 20 heavy (non-hydrogen) atoms. The zero-order valence-corrected chi connectivity index (χ0v) is 11.5. The highest BCUT2D eigenvalue weighted by molar-refractivity contribution is 5.49. The van der Waals surface area contributed by atoms with E-state index in [1.165, 1.54) is 13.0 Å². The Morgan fingerprint density at radius 3 is 2.50 bits per heavy atom. The minimum atomic E-state index is -4.33. The van der Waals surface area contributed by atoms with Gasteiger partial charge in [-0.2, -0.15) is 18.3 Å². The fourth-order valence-corrected chi connectivity index (χ4v) is 1.95. The molecule has 0 aliphatic carbocycles. The first-order valence-corrected chi connectivity index (χ1v) is 6.18. The number of aromatic nitrogens is 2. The second-order valence-corrected chi connectivity index (χ2v) is 4.76. The van der Waals surface area contributed by atoms with Gasteiger partial charge < -0.3 is 5.32 Å². The molecule has 1 N–H and O–H groups in total. The van der Waals surface area contributed by atoms with Crippen LogP contribution in [0.15, 0.2) is 24.4 Å². The van der Waals surface area contributed by atoms with Crippen molar-refractivity contribution in [2.24, 2.45) is 7.05 Å². The number of hydrogen-bond acceptors (Lipinski definition) is 2. The minimum Gasteiger partial charge on any atom is -0.381 e. The van der Waals surface area contributed by atoms with E-state index in [-0.39, 0.29) is 5.56 Å². The first kappa shape index (κ1) is 14.4. The lowest BCUT2D eigenvalue weighted by Crippen LogP contribution is -2.09. The van der Waals surface area contributed by atoms with E-state index < -0.39 is 11.7 Å². The van der Waals surface area contributed by atoms with Crippen LogP contribution in [0.5, 0.6) is 0 Å². The lowest BCUT2D eigenvalue weighted by atomic mass is 10.1. The molecule has 1 aromatic heterocycles. The molecule has 0 aliphatic heterocycles. The molecule has 3 nitrogen and oxygen atoms in total. The summed E-state index contributed by atoms with van der Waals surface area (Å²) in [7, 11) is 1.83. The maximum atomic E-state index is 12.8. The number of benzene rings is 1. The van der Waals surface area contributed by atoms with Crippen molar-refractivity contribution in [1.82, 2.24) is 9.78 Å². The summed E-state index contributed by atoms with van der Waals surface area (Å²) in [5.41, 5.74) is 2.01. The second-order valence-electron chi connectivity index (χ2n) is 4.76. The van der Waals surface area contributed by atoms with E-state index in [4.69, 9.17) is 0 Å². The molecule has 1 aromatic carbocycles. The Morgan fingerprint density at radius 2 is 1.95 bits per heavy atom. The van der Waals surface area contributed by atoms with Crippen LogP contribution in [0.25, 0.3) is 0 Å². The predicted octanol–water partition coefficient (Wildman–Crippen LogP) is 3.67. The van der Waals surface area contributed by atoms with Crippen LogP contribution in [0.1, 0.15) is 22.4 Å². The van der Waals surface area contributed by atoms with Crippen LogP contribution < -0.4 is 5.32 Å². The molecule has 0 spiro atoms. The van der Waals surface area contributed by atoms with Crippen molar-refractivity contribution < 1.29 is 13.2 Å². The molecule has 1 heterocycles. The van der Waals surface area contributed by atoms with Crippen LogP contribution in [0.2, 0.25) is 0 Å². The van der Waals surface area contributed by atoms with Gasteiger partial charge in [0.1, 0.15) is 0 Å². The van der Waals surface area contributed by atoms with E-state index in [2.05, 4.69) is 10.4 Å². The first-order chi connectivity index (χ1) is 9.29. The van der Waals surface area contributed by atoms with Gasteiger partial charge >= 0.3 is 6.18 Å². The Balaban J connectivity index is 2.17. The largest absolute Gasteiger partial charge is 0.416 e. The highest BCUT2D eigenvalue weighted by Crippen LogP contribution is 2.33. The molecule has 2 aromatic rings. The van der Waals surface area contributed by atoms with Gasteiger partial charge in [-0.15, -0.1) is 0 Å². The topological polar surface area (TPSA) is 29.9 Å². The summed E-state index contributed by atoms with van der Waals surface area (Å²) in [6, 6.07) is 4.26. The van der Waals surface area contributed by atoms with E-state index in [1.54, 1.807) is 16.9 Å². The maximum absolute atomic E-state index is 12.8. The fraction of sp³-hybridized carbons (Fsp3) is 0.357. The molecule has 0 atom stereocenters. The normalized spacial score (nSPS) is 11.7. The number of anilines is 1. The van der Waals surface area contributed by atoms with E-state index in [0.29, 0.717) is 12.2 Å². The Hall–Kier alpha value is -1.98. The van der Waals surface area contributed by atoms with Crippen molar-refractivity contribution in [2.45, 2.75) is 26.6 Å². The number of rotatable bonds is 3. The SMILES string of the molecule is Cc1ccc(NCc2cnn(C)c2C)cc1C(F)(F)F. The van der Waals surface area contributed by atoms with E-state index in [0.717, 1.165) is 17.3 Å². The zero-order valence-electron chi connectivity index (χ0n) is 11.5. The van der Waals surface area contributed by atoms with Gasteiger partial charge in [-0.05, 0) is 31.5 Å². The molecule has 2 rings (SSSR count). The monoisotopic (exact) mass is 283 g/mol. The number of alkyl halides is 3. The number of hydrogen-bond donors (Lipinski definition) is 1. The van der Waals surface area contributed by atoms with Crippen LogP contribution in [0, 0.1) is 13.8 Å². The quantitative estimate of drug-likeness (QED) is 0.931. The number of halogens is 3. The maximum Gasteiger partial charge on any atom is 0.416 e. The zero-order chi connectivity index (χ0) is 14.9. The Morgan fingerprint density at radius 1 is 1.25 bits per heavy atom. The standard InChI is InChI=1S/C14H16F3N3/c1-9-4-5-12(6-13(9)14(15,16)17)18-7-11-8-19-20(3)10(11)2/h4-6,8,18H,7H2,1-3H3. The second kappa shape index (κ2) is 5.19. The first-order valence-electron chi connectivity index (χ1n) is 6.18. The lowest BCUT2D eigenvalue weighted by molar-refractivity contribution is -0.138. The third-order valence-electron chi connectivity index (χ3n) is 3.36. The van der Waals surface area contributed by atoms with Gasteiger partial charge in [0.25, 0.3) is 0 Å². The molecule has 0 saturated carbocycles. The molecule has 0 amide bonds. The molecule has 6 heteroatoms. The number of aryl methyl sites for hydroxylation is 2. The molecule has 0 unspecified atom stereocenters. The summed E-state index contributed by atoms with van der Waals surface area (Å²) in [4.78, 5) is 0. The van der Waals surface area contributed by atoms with Crippen LogP contribution in [-0.4, -0.2) is 9.78 Å². The van der Waals surface area contributed by atoms with Crippen LogP contribution in [-0.2, 0) is 19.8 Å². The molecule has 108 valence electrons. The predicted molar refractivity (Wildman–Crippen MR) is 71.5 cm³/mol. The highest BCUT2D eigenvalue weighted by atomic mass is 19.4. The Labute approximate surface area is 115 Å². The van der Waals surface area contributed by atoms with Gasteiger partial charge in [-0.25, -0.2) is 0 Å². The molecule has 0 saturated heterocycles. The summed E-state index contributed by atoms with van der Waals surface area (Å²) in [5.74, 6) is 0. The van der Waals surface area contributed by atoms with Crippen molar-refractivity contribution in [3.8, 4) is 0 Å². The average Bonchev–Trinajstić information content (AvgIpc) is 2.68. The van der Waals surface area contributed by atoms with E-state index in [9.17, 15) is 13.2 Å². The van der Waals surface area contributed by atoms with Crippen molar-refractivity contribution in [3.63, 3.8) is 0 Å². The van der Waals surface area contributed by atoms with Gasteiger partial charge in [-0.3, -0.25) is 4.68 Å². The van der Waals surface area contributed by atoms with Gasteiger partial charge in [-0.1, -0.05) is 6.07 Å². The molecule has 0 radical (unpaired) electrons. The summed E-state index contributed by atoms with van der Waals surface area (Å²) < 4.78 is 40.2. The molecule has 0 aliphatic rings. The van der Waals surface area contributed by atoms with Gasteiger partial charge in [0, 0.05) is 30.5 Å². The number of nitrogens with zero attached hydrogens (tertiary/aromatic N) is 2. The van der Waals surface area contributed by atoms with Crippen molar-refractivity contribution >= 4 is 5.69 Å². The van der Waals surface area contributed by atoms with Crippen LogP contribution >= 0.6 is 0 Å². The van der Waals surface area contributed by atoms with Crippen molar-refractivity contribution in [1.29, 1.82) is 0 Å². The van der Waals surface area contributed by atoms with Gasteiger partial charge in [0.15, 0.2) is 0 Å². The summed E-state index contributed by atoms with van der Waals surface area (Å²) in [5, 5.41) is 7.10. The molecular formula is C14H16F3N3. The van der Waals surface area contributed by atoms with E-state index >= 15 is 0 Å². The van der Waals surface area contributed by atoms with E-state index in [1.807, 2.05) is 14.0 Å². The molecular weight excluding hydrogens is 267 g/mol. The van der Waals surface area contributed by atoms with Crippen LogP contribution in [0.3, 0.4) is 0 Å². The third kappa shape index (κ3) is 2.95. The van der Waals surface area contributed by atoms with Crippen LogP contribution in [0.4, 0.5) is 18.9 Å². The molecule has 0 fully saturated rings. The summed E-state index contributed by atoms with van der Waals surface area (Å²) >= 11 is 0. The average molecular weight is 283 g/mol. The van der Waals surface area contributed by atoms with Crippen molar-refractivity contribution in [2.75, 3.05) is 5.32 Å². The van der Waals surface area contributed by atoms with Gasteiger partial charge in [0.2, 0.25) is 0 Å². The van der Waals surface area contributed by atoms with Crippen molar-refractivity contribution in [3.05, 3.63) is 46.8 Å². The third-order valence-corrected chi connectivity index (χ3v) is 3.36. The fourth-order valence-electron chi connectivity index (χ4n) is 1.95. The molecule has 0 bridgehead atoms.